The second kappa shape index (κ2) is 8.07. The molecule has 2 heterocycles. The number of hydrogen-bond acceptors (Lipinski definition) is 7. The molecular formula is C18H21N3O6. The number of unbranched alkanes of at least 4 members (excludes halogenated alkanes) is 1. The lowest BCUT2D eigenvalue weighted by molar-refractivity contribution is -0.141. The third-order valence-electron chi connectivity index (χ3n) is 4.28. The largest absolute Gasteiger partial charge is 0.494 e. The molecule has 144 valence electrons. The maximum absolute atomic E-state index is 12.0. The fourth-order valence-corrected chi connectivity index (χ4v) is 3.00. The summed E-state index contributed by atoms with van der Waals surface area (Å²) in [7, 11) is 0. The summed E-state index contributed by atoms with van der Waals surface area (Å²) in [5, 5.41) is 11.7. The van der Waals surface area contributed by atoms with Crippen molar-refractivity contribution in [2.45, 2.75) is 38.8 Å². The number of fused-ring (bicyclic) bond motifs is 2. The van der Waals surface area contributed by atoms with Crippen LogP contribution in [-0.2, 0) is 25.7 Å². The van der Waals surface area contributed by atoms with E-state index in [4.69, 9.17) is 14.6 Å². The Labute approximate surface area is 156 Å². The minimum atomic E-state index is -1.03. The van der Waals surface area contributed by atoms with Crippen molar-refractivity contribution >= 4 is 29.5 Å². The van der Waals surface area contributed by atoms with E-state index in [2.05, 4.69) is 10.3 Å². The van der Waals surface area contributed by atoms with Crippen molar-refractivity contribution in [2.75, 3.05) is 13.2 Å². The molecule has 0 aromatic heterocycles. The van der Waals surface area contributed by atoms with Crippen LogP contribution in [0.4, 0.5) is 5.69 Å². The van der Waals surface area contributed by atoms with Crippen molar-refractivity contribution in [1.29, 1.82) is 0 Å². The average molecular weight is 375 g/mol. The van der Waals surface area contributed by atoms with Gasteiger partial charge in [0, 0.05) is 19.0 Å². The first-order valence-corrected chi connectivity index (χ1v) is 8.71. The number of hydrogen-bond donors (Lipinski definition) is 2. The van der Waals surface area contributed by atoms with Gasteiger partial charge in [-0.25, -0.2) is 4.99 Å². The zero-order chi connectivity index (χ0) is 19.4. The molecule has 1 unspecified atom stereocenters. The molecule has 0 spiro atoms. The Morgan fingerprint density at radius 3 is 2.85 bits per heavy atom. The van der Waals surface area contributed by atoms with Gasteiger partial charge in [0.1, 0.15) is 11.8 Å². The summed E-state index contributed by atoms with van der Waals surface area (Å²) in [6, 6.07) is 4.70. The number of guanidine groups is 1. The molecule has 1 aromatic carbocycles. The minimum absolute atomic E-state index is 0.279. The van der Waals surface area contributed by atoms with Crippen LogP contribution in [-0.4, -0.2) is 53.1 Å². The standard InChI is InChI=1S/C18H21N3O6/c1-11(22)26-6-2-3-7-27-13-4-5-14-12(8-13)10-21-15(9-16(23)24)17(25)20-18(21)19-14/h4-5,8,15H,2-3,6-7,9-10H2,1H3,(H,23,24)(H,19,20,25). The lowest BCUT2D eigenvalue weighted by Gasteiger charge is -2.27. The second-order valence-electron chi connectivity index (χ2n) is 6.35. The van der Waals surface area contributed by atoms with Crippen LogP contribution in [0.5, 0.6) is 5.75 Å². The highest BCUT2D eigenvalue weighted by Crippen LogP contribution is 2.32. The Morgan fingerprint density at radius 2 is 2.11 bits per heavy atom. The summed E-state index contributed by atoms with van der Waals surface area (Å²) in [6.07, 6.45) is 1.19. The summed E-state index contributed by atoms with van der Waals surface area (Å²) >= 11 is 0. The van der Waals surface area contributed by atoms with Gasteiger partial charge in [0.2, 0.25) is 11.9 Å². The number of nitrogens with one attached hydrogen (secondary N) is 1. The van der Waals surface area contributed by atoms with Gasteiger partial charge in [-0.15, -0.1) is 0 Å². The first-order valence-electron chi connectivity index (χ1n) is 8.71. The molecule has 1 fully saturated rings. The van der Waals surface area contributed by atoms with Crippen molar-refractivity contribution in [3.8, 4) is 5.75 Å². The molecule has 1 aromatic rings. The number of aliphatic imine (C=N–C) groups is 1. The van der Waals surface area contributed by atoms with Crippen LogP contribution in [0.3, 0.4) is 0 Å². The number of nitrogens with zero attached hydrogens (tertiary/aromatic N) is 2. The van der Waals surface area contributed by atoms with E-state index in [-0.39, 0.29) is 18.3 Å². The van der Waals surface area contributed by atoms with E-state index in [9.17, 15) is 14.4 Å². The van der Waals surface area contributed by atoms with Gasteiger partial charge in [-0.1, -0.05) is 0 Å². The molecule has 0 saturated carbocycles. The fourth-order valence-electron chi connectivity index (χ4n) is 3.00. The fraction of sp³-hybridized carbons (Fsp3) is 0.444. The van der Waals surface area contributed by atoms with E-state index in [0.717, 1.165) is 24.1 Å². The highest BCUT2D eigenvalue weighted by molar-refractivity contribution is 6.08. The molecule has 0 aliphatic carbocycles. The normalized spacial score (nSPS) is 17.5. The lowest BCUT2D eigenvalue weighted by Crippen LogP contribution is -2.38. The molecule has 0 bridgehead atoms. The van der Waals surface area contributed by atoms with Crippen LogP contribution in [0.2, 0.25) is 0 Å². The van der Waals surface area contributed by atoms with Gasteiger partial charge in [-0.3, -0.25) is 19.7 Å². The first-order chi connectivity index (χ1) is 12.9. The van der Waals surface area contributed by atoms with E-state index in [1.54, 1.807) is 11.0 Å². The minimum Gasteiger partial charge on any atom is -0.494 e. The predicted octanol–water partition coefficient (Wildman–Crippen LogP) is 1.18. The van der Waals surface area contributed by atoms with Gasteiger partial charge in [0.25, 0.3) is 0 Å². The maximum Gasteiger partial charge on any atom is 0.305 e. The number of benzene rings is 1. The molecule has 27 heavy (non-hydrogen) atoms. The molecule has 2 aliphatic rings. The van der Waals surface area contributed by atoms with Gasteiger partial charge < -0.3 is 19.5 Å². The monoisotopic (exact) mass is 375 g/mol. The Hall–Kier alpha value is -3.10. The van der Waals surface area contributed by atoms with Crippen molar-refractivity contribution in [3.63, 3.8) is 0 Å². The Balaban J connectivity index is 1.59. The zero-order valence-corrected chi connectivity index (χ0v) is 14.9. The molecule has 9 heteroatoms. The number of carbonyl (C=O) groups excluding carboxylic acids is 2. The van der Waals surface area contributed by atoms with Gasteiger partial charge in [-0.05, 0) is 31.0 Å². The SMILES string of the molecule is CC(=O)OCCCCOc1ccc2c(c1)CN1C(=N2)NC(=O)C1CC(=O)O. The van der Waals surface area contributed by atoms with E-state index in [0.29, 0.717) is 31.5 Å². The second-order valence-corrected chi connectivity index (χ2v) is 6.35. The number of esters is 1. The third kappa shape index (κ3) is 4.55. The van der Waals surface area contributed by atoms with Gasteiger partial charge in [-0.2, -0.15) is 0 Å². The molecular weight excluding hydrogens is 354 g/mol. The third-order valence-corrected chi connectivity index (χ3v) is 4.28. The molecule has 1 amide bonds. The van der Waals surface area contributed by atoms with E-state index in [1.807, 2.05) is 12.1 Å². The average Bonchev–Trinajstić information content (AvgIpc) is 2.90. The Kier molecular flexibility index (Phi) is 5.58. The lowest BCUT2D eigenvalue weighted by atomic mass is 10.1. The van der Waals surface area contributed by atoms with Crippen molar-refractivity contribution < 1.29 is 29.0 Å². The molecule has 2 aliphatic heterocycles. The predicted molar refractivity (Wildman–Crippen MR) is 94.6 cm³/mol. The van der Waals surface area contributed by atoms with Gasteiger partial charge in [0.05, 0.1) is 25.3 Å². The van der Waals surface area contributed by atoms with Crippen LogP contribution >= 0.6 is 0 Å². The van der Waals surface area contributed by atoms with E-state index in [1.165, 1.54) is 6.92 Å². The molecule has 1 saturated heterocycles. The molecule has 3 rings (SSSR count). The first kappa shape index (κ1) is 18.7. The maximum atomic E-state index is 12.0. The zero-order valence-electron chi connectivity index (χ0n) is 14.9. The van der Waals surface area contributed by atoms with Crippen LogP contribution in [0.25, 0.3) is 0 Å². The van der Waals surface area contributed by atoms with Crippen molar-refractivity contribution in [2.24, 2.45) is 4.99 Å². The summed E-state index contributed by atoms with van der Waals surface area (Å²) in [5.41, 5.74) is 1.59. The van der Waals surface area contributed by atoms with Crippen LogP contribution in [0, 0.1) is 0 Å². The number of carboxylic acid groups (broad SMARTS) is 1. The van der Waals surface area contributed by atoms with Crippen LogP contribution in [0.1, 0.15) is 31.7 Å². The molecule has 1 atom stereocenters. The van der Waals surface area contributed by atoms with Crippen molar-refractivity contribution in [3.05, 3.63) is 23.8 Å². The van der Waals surface area contributed by atoms with Crippen molar-refractivity contribution in [1.82, 2.24) is 10.2 Å². The number of carboxylic acids is 1. The Morgan fingerprint density at radius 1 is 1.33 bits per heavy atom. The number of ether oxygens (including phenoxy) is 2. The quantitative estimate of drug-likeness (QED) is 0.517. The summed E-state index contributed by atoms with van der Waals surface area (Å²) in [4.78, 5) is 39.8. The van der Waals surface area contributed by atoms with Crippen LogP contribution < -0.4 is 10.1 Å². The van der Waals surface area contributed by atoms with Crippen LogP contribution in [0.15, 0.2) is 23.2 Å². The number of amides is 1. The number of carbonyl (C=O) groups is 3. The smallest absolute Gasteiger partial charge is 0.305 e. The molecule has 9 nitrogen and oxygen atoms in total. The number of aliphatic carboxylic acids is 1. The molecule has 0 radical (unpaired) electrons. The molecule has 2 N–H and O–H groups in total. The number of rotatable bonds is 8. The summed E-state index contributed by atoms with van der Waals surface area (Å²) in [6.45, 7) is 2.62. The summed E-state index contributed by atoms with van der Waals surface area (Å²) < 4.78 is 10.6. The summed E-state index contributed by atoms with van der Waals surface area (Å²) in [5.74, 6) is -0.617. The Bertz CT molecular complexity index is 791. The van der Waals surface area contributed by atoms with E-state index >= 15 is 0 Å². The van der Waals surface area contributed by atoms with Gasteiger partial charge >= 0.3 is 11.9 Å². The highest BCUT2D eigenvalue weighted by atomic mass is 16.5. The van der Waals surface area contributed by atoms with E-state index < -0.39 is 12.0 Å². The van der Waals surface area contributed by atoms with Gasteiger partial charge in [0.15, 0.2) is 0 Å². The highest BCUT2D eigenvalue weighted by Gasteiger charge is 2.40. The topological polar surface area (TPSA) is 118 Å².